The molecule has 3 heteroatoms. The van der Waals surface area contributed by atoms with Crippen LogP contribution >= 0.6 is 0 Å². The van der Waals surface area contributed by atoms with Crippen molar-refractivity contribution in [3.8, 4) is 0 Å². The van der Waals surface area contributed by atoms with E-state index >= 15 is 0 Å². The van der Waals surface area contributed by atoms with E-state index in [1.807, 2.05) is 37.3 Å². The van der Waals surface area contributed by atoms with Crippen LogP contribution in [0.25, 0.3) is 0 Å². The standard InChI is InChI=1S/C12H16N2O/c1-2-6-11(13)12(15)14-9-10-7-4-3-5-8-10/h3-8H,2,9,13H2,1H3,(H,14,15)/b11-6-. The molecule has 0 spiro atoms. The Balaban J connectivity index is 2.45. The maximum absolute atomic E-state index is 11.4. The molecule has 15 heavy (non-hydrogen) atoms. The molecule has 80 valence electrons. The van der Waals surface area contributed by atoms with Gasteiger partial charge >= 0.3 is 0 Å². The van der Waals surface area contributed by atoms with E-state index in [1.54, 1.807) is 6.08 Å². The van der Waals surface area contributed by atoms with Gasteiger partial charge in [-0.3, -0.25) is 4.79 Å². The second-order valence-corrected chi connectivity index (χ2v) is 3.24. The van der Waals surface area contributed by atoms with Gasteiger partial charge in [-0.2, -0.15) is 0 Å². The molecule has 0 saturated heterocycles. The molecular weight excluding hydrogens is 188 g/mol. The highest BCUT2D eigenvalue weighted by molar-refractivity contribution is 5.92. The molecule has 0 unspecified atom stereocenters. The highest BCUT2D eigenvalue weighted by atomic mass is 16.1. The van der Waals surface area contributed by atoms with Gasteiger partial charge in [0.2, 0.25) is 0 Å². The van der Waals surface area contributed by atoms with Gasteiger partial charge in [0.05, 0.1) is 5.70 Å². The molecule has 1 aromatic carbocycles. The quantitative estimate of drug-likeness (QED) is 0.731. The molecule has 3 N–H and O–H groups in total. The van der Waals surface area contributed by atoms with Crippen LogP contribution in [0.1, 0.15) is 18.9 Å². The zero-order chi connectivity index (χ0) is 11.1. The highest BCUT2D eigenvalue weighted by Gasteiger charge is 2.02. The number of allylic oxidation sites excluding steroid dienone is 1. The van der Waals surface area contributed by atoms with E-state index in [1.165, 1.54) is 0 Å². The van der Waals surface area contributed by atoms with Crippen LogP contribution in [-0.2, 0) is 11.3 Å². The van der Waals surface area contributed by atoms with E-state index in [9.17, 15) is 4.79 Å². The Kier molecular flexibility index (Phi) is 4.41. The average molecular weight is 204 g/mol. The summed E-state index contributed by atoms with van der Waals surface area (Å²) in [6, 6.07) is 9.73. The molecule has 0 aliphatic heterocycles. The van der Waals surface area contributed by atoms with Crippen LogP contribution in [0.2, 0.25) is 0 Å². The topological polar surface area (TPSA) is 55.1 Å². The summed E-state index contributed by atoms with van der Waals surface area (Å²) in [5, 5.41) is 2.75. The summed E-state index contributed by atoms with van der Waals surface area (Å²) in [5.41, 5.74) is 6.89. The summed E-state index contributed by atoms with van der Waals surface area (Å²) in [6.45, 7) is 2.45. The lowest BCUT2D eigenvalue weighted by Crippen LogP contribution is -2.28. The molecule has 0 radical (unpaired) electrons. The minimum atomic E-state index is -0.208. The molecular formula is C12H16N2O. The normalized spacial score (nSPS) is 11.1. The van der Waals surface area contributed by atoms with Crippen LogP contribution in [0, 0.1) is 0 Å². The molecule has 0 aliphatic rings. The number of hydrogen-bond acceptors (Lipinski definition) is 2. The van der Waals surface area contributed by atoms with Gasteiger partial charge in [0.1, 0.15) is 0 Å². The minimum Gasteiger partial charge on any atom is -0.395 e. The number of carbonyl (C=O) groups excluding carboxylic acids is 1. The predicted octanol–water partition coefficient (Wildman–Crippen LogP) is 1.56. The van der Waals surface area contributed by atoms with Crippen molar-refractivity contribution >= 4 is 5.91 Å². The molecule has 0 atom stereocenters. The molecule has 0 aromatic heterocycles. The number of rotatable bonds is 4. The maximum atomic E-state index is 11.4. The summed E-state index contributed by atoms with van der Waals surface area (Å²) < 4.78 is 0. The van der Waals surface area contributed by atoms with Crippen molar-refractivity contribution in [2.45, 2.75) is 19.9 Å². The first-order chi connectivity index (χ1) is 7.24. The van der Waals surface area contributed by atoms with Gasteiger partial charge in [-0.15, -0.1) is 0 Å². The zero-order valence-corrected chi connectivity index (χ0v) is 8.86. The van der Waals surface area contributed by atoms with E-state index in [-0.39, 0.29) is 11.6 Å². The molecule has 0 fully saturated rings. The maximum Gasteiger partial charge on any atom is 0.267 e. The first kappa shape index (κ1) is 11.3. The molecule has 0 heterocycles. The van der Waals surface area contributed by atoms with E-state index in [4.69, 9.17) is 5.73 Å². The molecule has 0 aliphatic carbocycles. The number of nitrogens with two attached hydrogens (primary N) is 1. The molecule has 1 aromatic rings. The Bertz CT molecular complexity index is 344. The third-order valence-corrected chi connectivity index (χ3v) is 1.98. The number of benzene rings is 1. The SMILES string of the molecule is CC/C=C(\N)C(=O)NCc1ccccc1. The molecule has 0 saturated carbocycles. The Labute approximate surface area is 90.0 Å². The first-order valence-corrected chi connectivity index (χ1v) is 5.01. The third kappa shape index (κ3) is 3.85. The largest absolute Gasteiger partial charge is 0.395 e. The average Bonchev–Trinajstić information content (AvgIpc) is 2.27. The van der Waals surface area contributed by atoms with Gasteiger partial charge in [0, 0.05) is 6.54 Å². The van der Waals surface area contributed by atoms with Crippen LogP contribution in [0.5, 0.6) is 0 Å². The van der Waals surface area contributed by atoms with Gasteiger partial charge in [0.25, 0.3) is 5.91 Å². The molecule has 0 bridgehead atoms. The van der Waals surface area contributed by atoms with E-state index < -0.39 is 0 Å². The van der Waals surface area contributed by atoms with Crippen LogP contribution in [0.4, 0.5) is 0 Å². The van der Waals surface area contributed by atoms with Gasteiger partial charge < -0.3 is 11.1 Å². The first-order valence-electron chi connectivity index (χ1n) is 5.01. The van der Waals surface area contributed by atoms with Crippen molar-refractivity contribution in [1.82, 2.24) is 5.32 Å². The monoisotopic (exact) mass is 204 g/mol. The number of carbonyl (C=O) groups is 1. The van der Waals surface area contributed by atoms with Crippen molar-refractivity contribution in [3.05, 3.63) is 47.7 Å². The molecule has 3 nitrogen and oxygen atoms in total. The van der Waals surface area contributed by atoms with Gasteiger partial charge in [0.15, 0.2) is 0 Å². The van der Waals surface area contributed by atoms with Crippen molar-refractivity contribution in [2.75, 3.05) is 0 Å². The van der Waals surface area contributed by atoms with Gasteiger partial charge in [-0.1, -0.05) is 43.3 Å². The molecule has 1 rings (SSSR count). The van der Waals surface area contributed by atoms with Gasteiger partial charge in [-0.05, 0) is 12.0 Å². The third-order valence-electron chi connectivity index (χ3n) is 1.98. The predicted molar refractivity (Wildman–Crippen MR) is 60.9 cm³/mol. The van der Waals surface area contributed by atoms with Crippen molar-refractivity contribution in [3.63, 3.8) is 0 Å². The lowest BCUT2D eigenvalue weighted by molar-refractivity contribution is -0.117. The lowest BCUT2D eigenvalue weighted by Gasteiger charge is -2.04. The van der Waals surface area contributed by atoms with Gasteiger partial charge in [-0.25, -0.2) is 0 Å². The number of amides is 1. The smallest absolute Gasteiger partial charge is 0.267 e. The summed E-state index contributed by atoms with van der Waals surface area (Å²) >= 11 is 0. The summed E-state index contributed by atoms with van der Waals surface area (Å²) in [5.74, 6) is -0.208. The van der Waals surface area contributed by atoms with Crippen LogP contribution < -0.4 is 11.1 Å². The minimum absolute atomic E-state index is 0.208. The Morgan fingerprint density at radius 1 is 1.40 bits per heavy atom. The number of nitrogens with one attached hydrogen (secondary N) is 1. The van der Waals surface area contributed by atoms with Crippen molar-refractivity contribution < 1.29 is 4.79 Å². The van der Waals surface area contributed by atoms with Crippen LogP contribution in [0.15, 0.2) is 42.1 Å². The van der Waals surface area contributed by atoms with E-state index in [0.29, 0.717) is 6.54 Å². The fourth-order valence-electron chi connectivity index (χ4n) is 1.19. The Morgan fingerprint density at radius 2 is 2.07 bits per heavy atom. The van der Waals surface area contributed by atoms with Crippen molar-refractivity contribution in [1.29, 1.82) is 0 Å². The zero-order valence-electron chi connectivity index (χ0n) is 8.86. The van der Waals surface area contributed by atoms with E-state index in [2.05, 4.69) is 5.32 Å². The Hall–Kier alpha value is -1.77. The second kappa shape index (κ2) is 5.86. The lowest BCUT2D eigenvalue weighted by atomic mass is 10.2. The fourth-order valence-corrected chi connectivity index (χ4v) is 1.19. The summed E-state index contributed by atoms with van der Waals surface area (Å²) in [6.07, 6.45) is 2.48. The van der Waals surface area contributed by atoms with Crippen LogP contribution in [0.3, 0.4) is 0 Å². The van der Waals surface area contributed by atoms with Crippen molar-refractivity contribution in [2.24, 2.45) is 5.73 Å². The summed E-state index contributed by atoms with van der Waals surface area (Å²) in [4.78, 5) is 11.4. The van der Waals surface area contributed by atoms with Crippen LogP contribution in [-0.4, -0.2) is 5.91 Å². The number of hydrogen-bond donors (Lipinski definition) is 2. The highest BCUT2D eigenvalue weighted by Crippen LogP contribution is 1.97. The fraction of sp³-hybridized carbons (Fsp3) is 0.250. The second-order valence-electron chi connectivity index (χ2n) is 3.24. The van der Waals surface area contributed by atoms with E-state index in [0.717, 1.165) is 12.0 Å². The Morgan fingerprint density at radius 3 is 2.67 bits per heavy atom. The summed E-state index contributed by atoms with van der Waals surface area (Å²) in [7, 11) is 0. The molecule has 1 amide bonds.